The second-order valence-corrected chi connectivity index (χ2v) is 5.15. The molecule has 2 aromatic rings. The molecule has 1 aromatic heterocycles. The number of nitrogens with two attached hydrogens (primary N) is 1. The molecule has 0 aliphatic carbocycles. The SMILES string of the molecule is CC(N)Cn1cc(Cl)c(-c2ccc(C#N)c(Cl)c2)n1. The molecule has 6 heteroatoms. The van der Waals surface area contributed by atoms with Crippen LogP contribution in [0, 0.1) is 11.3 Å². The number of aromatic nitrogens is 2. The van der Waals surface area contributed by atoms with Crippen molar-refractivity contribution in [1.82, 2.24) is 9.78 Å². The Bertz CT molecular complexity index is 641. The Morgan fingerprint density at radius 3 is 2.74 bits per heavy atom. The maximum absolute atomic E-state index is 8.84. The molecule has 1 aromatic carbocycles. The first-order valence-corrected chi connectivity index (χ1v) is 6.45. The molecule has 0 radical (unpaired) electrons. The fourth-order valence-corrected chi connectivity index (χ4v) is 2.22. The molecular formula is C13H12Cl2N4. The van der Waals surface area contributed by atoms with Crippen molar-refractivity contribution in [1.29, 1.82) is 5.26 Å². The molecule has 4 nitrogen and oxygen atoms in total. The van der Waals surface area contributed by atoms with E-state index in [1.54, 1.807) is 29.1 Å². The van der Waals surface area contributed by atoms with Crippen LogP contribution in [0.25, 0.3) is 11.3 Å². The summed E-state index contributed by atoms with van der Waals surface area (Å²) in [6.07, 6.45) is 1.73. The van der Waals surface area contributed by atoms with Crippen LogP contribution in [-0.4, -0.2) is 15.8 Å². The number of hydrogen-bond acceptors (Lipinski definition) is 3. The van der Waals surface area contributed by atoms with Crippen molar-refractivity contribution in [3.05, 3.63) is 40.0 Å². The largest absolute Gasteiger partial charge is 0.326 e. The van der Waals surface area contributed by atoms with Gasteiger partial charge in [0.05, 0.1) is 22.2 Å². The van der Waals surface area contributed by atoms with Gasteiger partial charge in [-0.3, -0.25) is 4.68 Å². The minimum absolute atomic E-state index is 0.00614. The average Bonchev–Trinajstić information content (AvgIpc) is 2.69. The highest BCUT2D eigenvalue weighted by Crippen LogP contribution is 2.29. The number of halogens is 2. The van der Waals surface area contributed by atoms with Gasteiger partial charge < -0.3 is 5.73 Å². The molecule has 0 spiro atoms. The topological polar surface area (TPSA) is 67.6 Å². The second kappa shape index (κ2) is 5.62. The van der Waals surface area contributed by atoms with Crippen LogP contribution >= 0.6 is 23.2 Å². The van der Waals surface area contributed by atoms with Crippen LogP contribution in [-0.2, 0) is 6.54 Å². The monoisotopic (exact) mass is 294 g/mol. The van der Waals surface area contributed by atoms with Gasteiger partial charge in [-0.05, 0) is 19.1 Å². The predicted molar refractivity (Wildman–Crippen MR) is 76.0 cm³/mol. The third kappa shape index (κ3) is 3.07. The molecule has 2 rings (SSSR count). The van der Waals surface area contributed by atoms with Crippen LogP contribution in [0.3, 0.4) is 0 Å². The van der Waals surface area contributed by atoms with Gasteiger partial charge in [0, 0.05) is 17.8 Å². The lowest BCUT2D eigenvalue weighted by Crippen LogP contribution is -2.22. The van der Waals surface area contributed by atoms with Gasteiger partial charge in [-0.15, -0.1) is 0 Å². The van der Waals surface area contributed by atoms with Gasteiger partial charge in [0.25, 0.3) is 0 Å². The molecule has 1 atom stereocenters. The van der Waals surface area contributed by atoms with E-state index in [2.05, 4.69) is 5.10 Å². The van der Waals surface area contributed by atoms with E-state index in [9.17, 15) is 0 Å². The summed E-state index contributed by atoms with van der Waals surface area (Å²) in [5.41, 5.74) is 7.56. The van der Waals surface area contributed by atoms with Gasteiger partial charge in [-0.25, -0.2) is 0 Å². The van der Waals surface area contributed by atoms with Crippen molar-refractivity contribution < 1.29 is 0 Å². The first-order chi connectivity index (χ1) is 9.01. The predicted octanol–water partition coefficient (Wildman–Crippen LogP) is 3.08. The Labute approximate surface area is 121 Å². The summed E-state index contributed by atoms with van der Waals surface area (Å²) in [6, 6.07) is 7.12. The Morgan fingerprint density at radius 2 is 2.16 bits per heavy atom. The lowest BCUT2D eigenvalue weighted by Gasteiger charge is -2.04. The van der Waals surface area contributed by atoms with Crippen LogP contribution in [0.5, 0.6) is 0 Å². The smallest absolute Gasteiger partial charge is 0.111 e. The molecular weight excluding hydrogens is 283 g/mol. The van der Waals surface area contributed by atoms with Gasteiger partial charge in [0.2, 0.25) is 0 Å². The fourth-order valence-electron chi connectivity index (χ4n) is 1.73. The van der Waals surface area contributed by atoms with Crippen LogP contribution in [0.2, 0.25) is 10.0 Å². The average molecular weight is 295 g/mol. The molecule has 2 N–H and O–H groups in total. The fraction of sp³-hybridized carbons (Fsp3) is 0.231. The Morgan fingerprint density at radius 1 is 1.42 bits per heavy atom. The summed E-state index contributed by atoms with van der Waals surface area (Å²) in [5, 5.41) is 14.1. The summed E-state index contributed by atoms with van der Waals surface area (Å²) in [7, 11) is 0. The third-order valence-electron chi connectivity index (χ3n) is 2.56. The number of hydrogen-bond donors (Lipinski definition) is 1. The van der Waals surface area contributed by atoms with Crippen molar-refractivity contribution in [3.8, 4) is 17.3 Å². The van der Waals surface area contributed by atoms with E-state index in [1.165, 1.54) is 0 Å². The quantitative estimate of drug-likeness (QED) is 0.946. The van der Waals surface area contributed by atoms with E-state index in [1.807, 2.05) is 13.0 Å². The molecule has 1 unspecified atom stereocenters. The highest BCUT2D eigenvalue weighted by molar-refractivity contribution is 6.33. The van der Waals surface area contributed by atoms with E-state index < -0.39 is 0 Å². The first-order valence-electron chi connectivity index (χ1n) is 5.70. The van der Waals surface area contributed by atoms with E-state index >= 15 is 0 Å². The first kappa shape index (κ1) is 13.9. The van der Waals surface area contributed by atoms with Gasteiger partial charge in [0.15, 0.2) is 0 Å². The maximum Gasteiger partial charge on any atom is 0.111 e. The summed E-state index contributed by atoms with van der Waals surface area (Å²) in [5.74, 6) is 0. The molecule has 0 bridgehead atoms. The summed E-state index contributed by atoms with van der Waals surface area (Å²) < 4.78 is 1.70. The maximum atomic E-state index is 8.84. The van der Waals surface area contributed by atoms with Crippen molar-refractivity contribution in [2.45, 2.75) is 19.5 Å². The third-order valence-corrected chi connectivity index (χ3v) is 3.14. The Hall–Kier alpha value is -1.54. The van der Waals surface area contributed by atoms with Crippen molar-refractivity contribution >= 4 is 23.2 Å². The zero-order chi connectivity index (χ0) is 14.0. The van der Waals surface area contributed by atoms with Gasteiger partial charge in [-0.1, -0.05) is 29.3 Å². The van der Waals surface area contributed by atoms with Gasteiger partial charge in [0.1, 0.15) is 11.8 Å². The number of benzene rings is 1. The van der Waals surface area contributed by atoms with E-state index in [0.717, 1.165) is 5.56 Å². The van der Waals surface area contributed by atoms with Crippen LogP contribution in [0.4, 0.5) is 0 Å². The molecule has 0 saturated heterocycles. The normalized spacial score (nSPS) is 12.2. The molecule has 0 fully saturated rings. The Balaban J connectivity index is 2.39. The van der Waals surface area contributed by atoms with Crippen LogP contribution < -0.4 is 5.73 Å². The van der Waals surface area contributed by atoms with Crippen LogP contribution in [0.1, 0.15) is 12.5 Å². The standard InChI is InChI=1S/C13H12Cl2N4/c1-8(17)6-19-7-12(15)13(18-19)9-2-3-10(5-16)11(14)4-9/h2-4,7-8H,6,17H2,1H3. The van der Waals surface area contributed by atoms with Crippen LogP contribution in [0.15, 0.2) is 24.4 Å². The van der Waals surface area contributed by atoms with E-state index in [-0.39, 0.29) is 6.04 Å². The van der Waals surface area contributed by atoms with Crippen molar-refractivity contribution in [2.24, 2.45) is 5.73 Å². The van der Waals surface area contributed by atoms with Crippen molar-refractivity contribution in [2.75, 3.05) is 0 Å². The molecule has 0 aliphatic rings. The highest BCUT2D eigenvalue weighted by Gasteiger charge is 2.12. The summed E-state index contributed by atoms with van der Waals surface area (Å²) >= 11 is 12.2. The molecule has 19 heavy (non-hydrogen) atoms. The lowest BCUT2D eigenvalue weighted by atomic mass is 10.1. The zero-order valence-corrected chi connectivity index (χ0v) is 11.8. The number of nitrogens with zero attached hydrogens (tertiary/aromatic N) is 3. The van der Waals surface area contributed by atoms with E-state index in [0.29, 0.717) is 27.8 Å². The van der Waals surface area contributed by atoms with Crippen molar-refractivity contribution in [3.63, 3.8) is 0 Å². The number of nitriles is 1. The lowest BCUT2D eigenvalue weighted by molar-refractivity contribution is 0.540. The second-order valence-electron chi connectivity index (χ2n) is 4.33. The molecule has 0 amide bonds. The summed E-state index contributed by atoms with van der Waals surface area (Å²) in [6.45, 7) is 2.48. The minimum atomic E-state index is -0.00614. The molecule has 98 valence electrons. The zero-order valence-electron chi connectivity index (χ0n) is 10.3. The van der Waals surface area contributed by atoms with Gasteiger partial charge in [-0.2, -0.15) is 10.4 Å². The highest BCUT2D eigenvalue weighted by atomic mass is 35.5. The Kier molecular flexibility index (Phi) is 4.11. The number of rotatable bonds is 3. The summed E-state index contributed by atoms with van der Waals surface area (Å²) in [4.78, 5) is 0. The van der Waals surface area contributed by atoms with Gasteiger partial charge >= 0.3 is 0 Å². The molecule has 0 aliphatic heterocycles. The minimum Gasteiger partial charge on any atom is -0.326 e. The molecule has 0 saturated carbocycles. The van der Waals surface area contributed by atoms with E-state index in [4.69, 9.17) is 34.2 Å². The molecule has 1 heterocycles.